The SMILES string of the molecule is CCS(=O)(=O)CCNc1nc(N)nc(C)c1[N+](=O)[O-]. The molecule has 10 heteroatoms. The van der Waals surface area contributed by atoms with Gasteiger partial charge in [0.15, 0.2) is 9.84 Å². The molecule has 1 aromatic heterocycles. The number of anilines is 2. The minimum atomic E-state index is -3.15. The first-order valence-electron chi connectivity index (χ1n) is 5.49. The second-order valence-electron chi connectivity index (χ2n) is 3.78. The van der Waals surface area contributed by atoms with Gasteiger partial charge in [0.1, 0.15) is 5.69 Å². The quantitative estimate of drug-likeness (QED) is 0.555. The Balaban J connectivity index is 2.92. The lowest BCUT2D eigenvalue weighted by Gasteiger charge is -2.08. The smallest absolute Gasteiger partial charge is 0.332 e. The van der Waals surface area contributed by atoms with Crippen molar-refractivity contribution in [3.63, 3.8) is 0 Å². The lowest BCUT2D eigenvalue weighted by molar-refractivity contribution is -0.385. The van der Waals surface area contributed by atoms with Gasteiger partial charge in [-0.15, -0.1) is 0 Å². The van der Waals surface area contributed by atoms with Gasteiger partial charge in [0.2, 0.25) is 11.8 Å². The highest BCUT2D eigenvalue weighted by Crippen LogP contribution is 2.25. The summed E-state index contributed by atoms with van der Waals surface area (Å²) in [5.41, 5.74) is 5.23. The number of hydrogen-bond acceptors (Lipinski definition) is 8. The standard InChI is InChI=1S/C9H15N5O4S/c1-3-19(17,18)5-4-11-8-7(14(15)16)6(2)12-9(10)13-8/h3-5H2,1-2H3,(H3,10,11,12,13). The highest BCUT2D eigenvalue weighted by atomic mass is 32.2. The third-order valence-corrected chi connectivity index (χ3v) is 4.11. The monoisotopic (exact) mass is 289 g/mol. The molecule has 1 aromatic rings. The largest absolute Gasteiger partial charge is 0.368 e. The minimum Gasteiger partial charge on any atom is -0.368 e. The molecule has 0 aromatic carbocycles. The molecule has 0 unspecified atom stereocenters. The van der Waals surface area contributed by atoms with Crippen LogP contribution in [0.3, 0.4) is 0 Å². The summed E-state index contributed by atoms with van der Waals surface area (Å²) in [7, 11) is -3.15. The third kappa shape index (κ3) is 4.02. The van der Waals surface area contributed by atoms with Crippen LogP contribution in [0.5, 0.6) is 0 Å². The average Bonchev–Trinajstić information content (AvgIpc) is 2.27. The van der Waals surface area contributed by atoms with Crippen molar-refractivity contribution in [1.29, 1.82) is 0 Å². The van der Waals surface area contributed by atoms with Gasteiger partial charge < -0.3 is 11.1 Å². The summed E-state index contributed by atoms with van der Waals surface area (Å²) in [6, 6.07) is 0. The zero-order chi connectivity index (χ0) is 14.6. The maximum atomic E-state index is 11.3. The van der Waals surface area contributed by atoms with E-state index in [4.69, 9.17) is 5.73 Å². The number of sulfone groups is 1. The minimum absolute atomic E-state index is 0.0156. The summed E-state index contributed by atoms with van der Waals surface area (Å²) in [5.74, 6) is -0.295. The van der Waals surface area contributed by atoms with E-state index >= 15 is 0 Å². The normalized spacial score (nSPS) is 11.3. The van der Waals surface area contributed by atoms with Crippen LogP contribution in [0.4, 0.5) is 17.5 Å². The van der Waals surface area contributed by atoms with Crippen LogP contribution in [0.25, 0.3) is 0 Å². The lowest BCUT2D eigenvalue weighted by Crippen LogP contribution is -2.19. The van der Waals surface area contributed by atoms with E-state index < -0.39 is 14.8 Å². The topological polar surface area (TPSA) is 141 Å². The molecule has 0 saturated carbocycles. The fourth-order valence-electron chi connectivity index (χ4n) is 1.40. The van der Waals surface area contributed by atoms with E-state index in [0.29, 0.717) is 0 Å². The summed E-state index contributed by atoms with van der Waals surface area (Å²) in [5, 5.41) is 13.5. The molecule has 0 fully saturated rings. The lowest BCUT2D eigenvalue weighted by atomic mass is 10.3. The summed E-state index contributed by atoms with van der Waals surface area (Å²) < 4.78 is 22.6. The maximum absolute atomic E-state index is 11.3. The molecule has 0 radical (unpaired) electrons. The fraction of sp³-hybridized carbons (Fsp3) is 0.556. The van der Waals surface area contributed by atoms with Crippen molar-refractivity contribution in [2.24, 2.45) is 0 Å². The zero-order valence-corrected chi connectivity index (χ0v) is 11.4. The van der Waals surface area contributed by atoms with Crippen molar-refractivity contribution < 1.29 is 13.3 Å². The molecule has 0 aliphatic carbocycles. The van der Waals surface area contributed by atoms with E-state index in [1.807, 2.05) is 0 Å². The number of aryl methyl sites for hydroxylation is 1. The van der Waals surface area contributed by atoms with Crippen molar-refractivity contribution in [3.05, 3.63) is 15.8 Å². The van der Waals surface area contributed by atoms with Crippen molar-refractivity contribution in [1.82, 2.24) is 9.97 Å². The van der Waals surface area contributed by atoms with Gasteiger partial charge >= 0.3 is 5.69 Å². The number of nitro groups is 1. The first kappa shape index (κ1) is 15.1. The second kappa shape index (κ2) is 5.78. The Hall–Kier alpha value is -1.97. The van der Waals surface area contributed by atoms with Crippen LogP contribution in [-0.2, 0) is 9.84 Å². The summed E-state index contributed by atoms with van der Waals surface area (Å²) in [6.07, 6.45) is 0. The number of hydrogen-bond donors (Lipinski definition) is 2. The zero-order valence-electron chi connectivity index (χ0n) is 10.6. The molecule has 0 bridgehead atoms. The molecule has 0 spiro atoms. The number of nitrogens with two attached hydrogens (primary N) is 1. The molecular formula is C9H15N5O4S. The summed E-state index contributed by atoms with van der Waals surface area (Å²) >= 11 is 0. The van der Waals surface area contributed by atoms with E-state index in [9.17, 15) is 18.5 Å². The van der Waals surface area contributed by atoms with Crippen LogP contribution in [-0.4, -0.2) is 41.4 Å². The van der Waals surface area contributed by atoms with Crippen molar-refractivity contribution >= 4 is 27.3 Å². The van der Waals surface area contributed by atoms with E-state index in [-0.39, 0.29) is 41.2 Å². The van der Waals surface area contributed by atoms with Crippen LogP contribution in [0.1, 0.15) is 12.6 Å². The molecule has 0 aliphatic heterocycles. The van der Waals surface area contributed by atoms with Crippen LogP contribution in [0.2, 0.25) is 0 Å². The van der Waals surface area contributed by atoms with Crippen LogP contribution >= 0.6 is 0 Å². The van der Waals surface area contributed by atoms with E-state index in [1.54, 1.807) is 0 Å². The molecule has 3 N–H and O–H groups in total. The molecule has 0 amide bonds. The van der Waals surface area contributed by atoms with Gasteiger partial charge in [-0.1, -0.05) is 6.92 Å². The highest BCUT2D eigenvalue weighted by Gasteiger charge is 2.21. The Kier molecular flexibility index (Phi) is 4.59. The predicted octanol–water partition coefficient (Wildman–Crippen LogP) is 0.122. The van der Waals surface area contributed by atoms with Gasteiger partial charge in [0, 0.05) is 12.3 Å². The molecule has 19 heavy (non-hydrogen) atoms. The molecule has 0 saturated heterocycles. The van der Waals surface area contributed by atoms with Gasteiger partial charge in [-0.3, -0.25) is 10.1 Å². The van der Waals surface area contributed by atoms with Gasteiger partial charge in [-0.05, 0) is 6.92 Å². The highest BCUT2D eigenvalue weighted by molar-refractivity contribution is 7.91. The Morgan fingerprint density at radius 1 is 1.42 bits per heavy atom. The predicted molar refractivity (Wildman–Crippen MR) is 70.7 cm³/mol. The third-order valence-electron chi connectivity index (χ3n) is 2.40. The Morgan fingerprint density at radius 3 is 2.58 bits per heavy atom. The number of rotatable bonds is 6. The Labute approximate surface area is 110 Å². The summed E-state index contributed by atoms with van der Waals surface area (Å²) in [4.78, 5) is 17.7. The second-order valence-corrected chi connectivity index (χ2v) is 6.26. The molecule has 0 aliphatic rings. The molecule has 9 nitrogen and oxygen atoms in total. The van der Waals surface area contributed by atoms with E-state index in [0.717, 1.165) is 0 Å². The molecule has 1 heterocycles. The maximum Gasteiger partial charge on any atom is 0.332 e. The Bertz CT molecular complexity index is 587. The van der Waals surface area contributed by atoms with Crippen LogP contribution in [0, 0.1) is 17.0 Å². The average molecular weight is 289 g/mol. The van der Waals surface area contributed by atoms with Gasteiger partial charge in [0.25, 0.3) is 0 Å². The number of nitrogen functional groups attached to an aromatic ring is 1. The first-order chi connectivity index (χ1) is 8.76. The molecule has 0 atom stereocenters. The number of aromatic nitrogens is 2. The van der Waals surface area contributed by atoms with Crippen molar-refractivity contribution in [2.45, 2.75) is 13.8 Å². The summed E-state index contributed by atoms with van der Waals surface area (Å²) in [6.45, 7) is 2.99. The fourth-order valence-corrected chi connectivity index (χ4v) is 2.10. The molecule has 1 rings (SSSR count). The van der Waals surface area contributed by atoms with Crippen LogP contribution < -0.4 is 11.1 Å². The number of nitrogens with one attached hydrogen (secondary N) is 1. The van der Waals surface area contributed by atoms with Crippen LogP contribution in [0.15, 0.2) is 0 Å². The van der Waals surface area contributed by atoms with Crippen molar-refractivity contribution in [3.8, 4) is 0 Å². The van der Waals surface area contributed by atoms with Gasteiger partial charge in [-0.2, -0.15) is 4.98 Å². The van der Waals surface area contributed by atoms with E-state index in [2.05, 4.69) is 15.3 Å². The molecule has 106 valence electrons. The first-order valence-corrected chi connectivity index (χ1v) is 7.31. The van der Waals surface area contributed by atoms with E-state index in [1.165, 1.54) is 13.8 Å². The van der Waals surface area contributed by atoms with Gasteiger partial charge in [0.05, 0.1) is 10.7 Å². The van der Waals surface area contributed by atoms with Crippen molar-refractivity contribution in [2.75, 3.05) is 29.1 Å². The van der Waals surface area contributed by atoms with Gasteiger partial charge in [-0.25, -0.2) is 13.4 Å². The molecular weight excluding hydrogens is 274 g/mol. The Morgan fingerprint density at radius 2 is 2.05 bits per heavy atom. The number of nitrogens with zero attached hydrogens (tertiary/aromatic N) is 3.